The highest BCUT2D eigenvalue weighted by atomic mass is 32.2. The highest BCUT2D eigenvalue weighted by molar-refractivity contribution is 8.00. The molecule has 0 bridgehead atoms. The van der Waals surface area contributed by atoms with E-state index >= 15 is 0 Å². The molecule has 2 amide bonds. The summed E-state index contributed by atoms with van der Waals surface area (Å²) >= 11 is 2.41. The molecule has 2 unspecified atom stereocenters. The predicted molar refractivity (Wildman–Crippen MR) is 119 cm³/mol. The zero-order valence-electron chi connectivity index (χ0n) is 17.2. The number of fused-ring (bicyclic) bond motifs is 1. The number of amides is 2. The van der Waals surface area contributed by atoms with E-state index in [0.29, 0.717) is 11.3 Å². The topological polar surface area (TPSA) is 200 Å². The monoisotopic (exact) mass is 496 g/mol. The summed E-state index contributed by atoms with van der Waals surface area (Å²) in [5.41, 5.74) is 11.4. The summed E-state index contributed by atoms with van der Waals surface area (Å²) in [5.74, 6) is -3.22. The minimum Gasteiger partial charge on any atom is -0.480 e. The first kappa shape index (κ1) is 24.2. The van der Waals surface area contributed by atoms with Crippen molar-refractivity contribution < 1.29 is 33.9 Å². The first-order valence-corrected chi connectivity index (χ1v) is 11.2. The van der Waals surface area contributed by atoms with Gasteiger partial charge in [0.05, 0.1) is 0 Å². The zero-order valence-corrected chi connectivity index (χ0v) is 18.9. The van der Waals surface area contributed by atoms with Crippen LogP contribution < -0.4 is 16.8 Å². The van der Waals surface area contributed by atoms with Gasteiger partial charge in [-0.05, 0) is 5.57 Å². The predicted octanol–water partition coefficient (Wildman–Crippen LogP) is -1.13. The lowest BCUT2D eigenvalue weighted by atomic mass is 10.0. The molecule has 0 spiro atoms. The van der Waals surface area contributed by atoms with E-state index < -0.39 is 47.8 Å². The summed E-state index contributed by atoms with van der Waals surface area (Å²) in [6.07, 6.45) is 1.41. The second-order valence-corrected chi connectivity index (χ2v) is 8.67. The summed E-state index contributed by atoms with van der Waals surface area (Å²) < 4.78 is 4.99. The van der Waals surface area contributed by atoms with E-state index in [1.807, 2.05) is 0 Å². The zero-order chi connectivity index (χ0) is 24.3. The van der Waals surface area contributed by atoms with Crippen LogP contribution in [0.3, 0.4) is 0 Å². The van der Waals surface area contributed by atoms with Crippen LogP contribution in [0.2, 0.25) is 0 Å². The number of carboxylic acid groups (broad SMARTS) is 1. The van der Waals surface area contributed by atoms with Gasteiger partial charge < -0.3 is 31.5 Å². The lowest BCUT2D eigenvalue weighted by Gasteiger charge is -2.49. The lowest BCUT2D eigenvalue weighted by molar-refractivity contribution is -0.154. The lowest BCUT2D eigenvalue weighted by Crippen LogP contribution is -2.71. The molecule has 3 atom stereocenters. The van der Waals surface area contributed by atoms with Crippen molar-refractivity contribution in [3.63, 3.8) is 0 Å². The number of aliphatic carboxylic acids is 1. The smallest absolute Gasteiger partial charge is 0.355 e. The minimum atomic E-state index is -1.41. The summed E-state index contributed by atoms with van der Waals surface area (Å²) in [7, 11) is 1.26. The summed E-state index contributed by atoms with van der Waals surface area (Å²) in [5, 5.41) is 16.2. The molecule has 13 nitrogen and oxygen atoms in total. The number of ether oxygens (including phenoxy) is 1. The summed E-state index contributed by atoms with van der Waals surface area (Å²) in [6.45, 7) is 3.07. The van der Waals surface area contributed by atoms with Gasteiger partial charge in [-0.15, -0.1) is 23.1 Å². The Hall–Kier alpha value is -3.43. The van der Waals surface area contributed by atoms with Crippen LogP contribution in [0.15, 0.2) is 34.5 Å². The molecule has 3 heterocycles. The standard InChI is InChI=1S/C18H20N6O7S2/c1-3-7-5-32-15-11(22-13(25)10(23-30-2)9-6-33-18(20)21-9)14(26)24(15)12(7)17(29)31-4-8(19)16(27)28/h3,6,8,11,15H,1,4-5,19H2,2H3,(H2,20,21)(H,22,25)(H,27,28)/t8?,11?,15-/m0/s1. The van der Waals surface area contributed by atoms with Gasteiger partial charge in [-0.2, -0.15) is 0 Å². The Morgan fingerprint density at radius 1 is 1.52 bits per heavy atom. The SMILES string of the molecule is C=CC1=C(C(=O)OCC(N)C(=O)O)N2C(=O)C(NC(=O)C(=NOC)c3csc(N)n3)[C@@H]2SC1. The maximum absolute atomic E-state index is 12.9. The third-order valence-corrected chi connectivity index (χ3v) is 6.57. The molecule has 33 heavy (non-hydrogen) atoms. The molecular formula is C18H20N6O7S2. The molecule has 0 aliphatic carbocycles. The number of thiazole rings is 1. The maximum Gasteiger partial charge on any atom is 0.355 e. The van der Waals surface area contributed by atoms with Gasteiger partial charge in [0.15, 0.2) is 10.8 Å². The summed E-state index contributed by atoms with van der Waals surface area (Å²) in [4.78, 5) is 59.0. The van der Waals surface area contributed by atoms with Crippen molar-refractivity contribution in [1.29, 1.82) is 0 Å². The van der Waals surface area contributed by atoms with Crippen LogP contribution in [-0.4, -0.2) is 81.4 Å². The quantitative estimate of drug-likeness (QED) is 0.140. The maximum atomic E-state index is 12.9. The van der Waals surface area contributed by atoms with Crippen molar-refractivity contribution in [1.82, 2.24) is 15.2 Å². The van der Waals surface area contributed by atoms with Crippen LogP contribution in [-0.2, 0) is 28.8 Å². The fourth-order valence-corrected chi connectivity index (χ4v) is 4.88. The number of nitrogens with two attached hydrogens (primary N) is 2. The van der Waals surface area contributed by atoms with E-state index in [2.05, 4.69) is 22.0 Å². The first-order chi connectivity index (χ1) is 15.7. The average molecular weight is 497 g/mol. The molecule has 6 N–H and O–H groups in total. The Morgan fingerprint density at radius 3 is 2.82 bits per heavy atom. The number of anilines is 1. The number of aromatic nitrogens is 1. The van der Waals surface area contributed by atoms with Gasteiger partial charge in [0.2, 0.25) is 0 Å². The fourth-order valence-electron chi connectivity index (χ4n) is 3.00. The first-order valence-electron chi connectivity index (χ1n) is 9.28. The highest BCUT2D eigenvalue weighted by Crippen LogP contribution is 2.41. The number of nitrogens with zero attached hydrogens (tertiary/aromatic N) is 3. The van der Waals surface area contributed by atoms with Gasteiger partial charge in [0.1, 0.15) is 42.6 Å². The molecular weight excluding hydrogens is 476 g/mol. The molecule has 3 rings (SSSR count). The molecule has 15 heteroatoms. The Bertz CT molecular complexity index is 1070. The second kappa shape index (κ2) is 10.0. The Kier molecular flexibility index (Phi) is 7.35. The average Bonchev–Trinajstić information content (AvgIpc) is 3.23. The van der Waals surface area contributed by atoms with Gasteiger partial charge in [-0.1, -0.05) is 17.8 Å². The van der Waals surface area contributed by atoms with E-state index in [-0.39, 0.29) is 22.2 Å². The number of nitrogen functional groups attached to an aromatic ring is 1. The third kappa shape index (κ3) is 4.84. The van der Waals surface area contributed by atoms with E-state index in [1.54, 1.807) is 0 Å². The van der Waals surface area contributed by atoms with E-state index in [4.69, 9.17) is 26.1 Å². The molecule has 0 radical (unpaired) electrons. The summed E-state index contributed by atoms with van der Waals surface area (Å²) in [6, 6.07) is -2.37. The molecule has 2 aliphatic rings. The molecule has 1 fully saturated rings. The van der Waals surface area contributed by atoms with Gasteiger partial charge in [0.25, 0.3) is 11.8 Å². The van der Waals surface area contributed by atoms with Crippen LogP contribution in [0, 0.1) is 0 Å². The van der Waals surface area contributed by atoms with Gasteiger partial charge in [0, 0.05) is 11.1 Å². The van der Waals surface area contributed by atoms with Crippen molar-refractivity contribution in [3.05, 3.63) is 35.0 Å². The number of allylic oxidation sites excluding steroid dienone is 1. The Balaban J connectivity index is 1.75. The number of carbonyl (C=O) groups excluding carboxylic acids is 3. The van der Waals surface area contributed by atoms with Crippen LogP contribution in [0.1, 0.15) is 5.69 Å². The van der Waals surface area contributed by atoms with E-state index in [1.165, 1.54) is 35.2 Å². The van der Waals surface area contributed by atoms with Crippen LogP contribution in [0.25, 0.3) is 0 Å². The van der Waals surface area contributed by atoms with Crippen molar-refractivity contribution in [2.75, 3.05) is 25.2 Å². The normalized spacial score (nSPS) is 21.0. The number of thioether (sulfide) groups is 1. The fraction of sp³-hybridized carbons (Fsp3) is 0.333. The Labute approximate surface area is 195 Å². The largest absolute Gasteiger partial charge is 0.480 e. The van der Waals surface area contributed by atoms with Crippen molar-refractivity contribution >= 4 is 57.7 Å². The molecule has 1 saturated heterocycles. The number of nitrogens with one attached hydrogen (secondary N) is 1. The number of hydrogen-bond acceptors (Lipinski definition) is 12. The molecule has 176 valence electrons. The number of esters is 1. The van der Waals surface area contributed by atoms with Crippen molar-refractivity contribution in [2.24, 2.45) is 10.9 Å². The van der Waals surface area contributed by atoms with Crippen molar-refractivity contribution in [3.8, 4) is 0 Å². The molecule has 2 aliphatic heterocycles. The number of β-lactam (4-membered cyclic amide) rings is 1. The molecule has 0 aromatic carbocycles. The minimum absolute atomic E-state index is 0.0695. The number of hydrogen-bond donors (Lipinski definition) is 4. The van der Waals surface area contributed by atoms with Crippen molar-refractivity contribution in [2.45, 2.75) is 17.5 Å². The van der Waals surface area contributed by atoms with Gasteiger partial charge in [-0.25, -0.2) is 9.78 Å². The van der Waals surface area contributed by atoms with Gasteiger partial charge in [-0.3, -0.25) is 19.3 Å². The van der Waals surface area contributed by atoms with Crippen LogP contribution >= 0.6 is 23.1 Å². The number of carbonyl (C=O) groups is 4. The van der Waals surface area contributed by atoms with Gasteiger partial charge >= 0.3 is 11.9 Å². The van der Waals surface area contributed by atoms with E-state index in [0.717, 1.165) is 11.3 Å². The van der Waals surface area contributed by atoms with E-state index in [9.17, 15) is 19.2 Å². The third-order valence-electron chi connectivity index (χ3n) is 4.60. The Morgan fingerprint density at radius 2 is 2.24 bits per heavy atom. The molecule has 0 saturated carbocycles. The van der Waals surface area contributed by atoms with Crippen LogP contribution in [0.5, 0.6) is 0 Å². The molecule has 1 aromatic rings. The highest BCUT2D eigenvalue weighted by Gasteiger charge is 2.54. The second-order valence-electron chi connectivity index (χ2n) is 6.68. The van der Waals surface area contributed by atoms with Crippen LogP contribution in [0.4, 0.5) is 5.13 Å². The molecule has 1 aromatic heterocycles. The number of oxime groups is 1. The number of carboxylic acids is 1. The number of rotatable bonds is 9.